The predicted octanol–water partition coefficient (Wildman–Crippen LogP) is 3.52. The summed E-state index contributed by atoms with van der Waals surface area (Å²) >= 11 is 0. The number of nitrogens with one attached hydrogen (secondary N) is 1. The molecule has 0 bridgehead atoms. The van der Waals surface area contributed by atoms with Gasteiger partial charge in [0, 0.05) is 0 Å². The van der Waals surface area contributed by atoms with Gasteiger partial charge in [0.05, 0.1) is 7.11 Å². The fourth-order valence-corrected chi connectivity index (χ4v) is 2.04. The second-order valence-electron chi connectivity index (χ2n) is 5.11. The number of rotatable bonds is 11. The Labute approximate surface area is 113 Å². The van der Waals surface area contributed by atoms with E-state index >= 15 is 0 Å². The minimum Gasteiger partial charge on any atom is -0.468 e. The van der Waals surface area contributed by atoms with Gasteiger partial charge in [0.2, 0.25) is 0 Å². The highest BCUT2D eigenvalue weighted by molar-refractivity contribution is 5.75. The van der Waals surface area contributed by atoms with E-state index in [1.807, 2.05) is 0 Å². The molecular weight excluding hydrogens is 226 g/mol. The van der Waals surface area contributed by atoms with Crippen LogP contribution in [0.1, 0.15) is 65.7 Å². The van der Waals surface area contributed by atoms with Crippen LogP contribution in [0.25, 0.3) is 0 Å². The predicted molar refractivity (Wildman–Crippen MR) is 76.6 cm³/mol. The molecule has 0 radical (unpaired) electrons. The lowest BCUT2D eigenvalue weighted by atomic mass is 9.99. The minimum atomic E-state index is -0.143. The Hall–Kier alpha value is -0.570. The van der Waals surface area contributed by atoms with E-state index in [0.717, 1.165) is 19.4 Å². The molecule has 2 atom stereocenters. The van der Waals surface area contributed by atoms with Crippen molar-refractivity contribution in [1.29, 1.82) is 0 Å². The first-order valence-electron chi connectivity index (χ1n) is 7.48. The van der Waals surface area contributed by atoms with Crippen molar-refractivity contribution >= 4 is 5.97 Å². The molecule has 1 N–H and O–H groups in total. The molecule has 0 rings (SSSR count). The van der Waals surface area contributed by atoms with Crippen LogP contribution < -0.4 is 5.32 Å². The summed E-state index contributed by atoms with van der Waals surface area (Å²) in [5.41, 5.74) is 0. The van der Waals surface area contributed by atoms with Gasteiger partial charge in [-0.3, -0.25) is 4.79 Å². The molecule has 108 valence electrons. The van der Waals surface area contributed by atoms with Gasteiger partial charge in [-0.2, -0.15) is 0 Å². The highest BCUT2D eigenvalue weighted by Gasteiger charge is 2.23. The zero-order chi connectivity index (χ0) is 13.8. The summed E-state index contributed by atoms with van der Waals surface area (Å²) in [4.78, 5) is 11.6. The van der Waals surface area contributed by atoms with E-state index in [-0.39, 0.29) is 12.0 Å². The van der Waals surface area contributed by atoms with Crippen molar-refractivity contribution in [2.75, 3.05) is 13.7 Å². The first-order valence-corrected chi connectivity index (χ1v) is 7.48. The van der Waals surface area contributed by atoms with Crippen molar-refractivity contribution in [2.24, 2.45) is 5.92 Å². The van der Waals surface area contributed by atoms with E-state index in [4.69, 9.17) is 4.74 Å². The standard InChI is InChI=1S/C15H31NO2/c1-5-7-8-9-10-11-12-16-14(13(3)6-2)15(17)18-4/h13-14,16H,5-12H2,1-4H3. The van der Waals surface area contributed by atoms with E-state index in [0.29, 0.717) is 5.92 Å². The highest BCUT2D eigenvalue weighted by Crippen LogP contribution is 2.10. The third-order valence-corrected chi connectivity index (χ3v) is 3.56. The molecule has 0 heterocycles. The molecule has 3 heteroatoms. The maximum absolute atomic E-state index is 11.6. The Morgan fingerprint density at radius 2 is 1.72 bits per heavy atom. The van der Waals surface area contributed by atoms with Crippen molar-refractivity contribution in [3.63, 3.8) is 0 Å². The van der Waals surface area contributed by atoms with Gasteiger partial charge in [0.25, 0.3) is 0 Å². The summed E-state index contributed by atoms with van der Waals surface area (Å²) in [6.45, 7) is 7.34. The Morgan fingerprint density at radius 1 is 1.11 bits per heavy atom. The zero-order valence-electron chi connectivity index (χ0n) is 12.6. The molecule has 0 amide bonds. The second-order valence-corrected chi connectivity index (χ2v) is 5.11. The second kappa shape index (κ2) is 11.5. The van der Waals surface area contributed by atoms with Gasteiger partial charge in [-0.25, -0.2) is 0 Å². The van der Waals surface area contributed by atoms with Gasteiger partial charge in [0.15, 0.2) is 0 Å². The number of carbonyl (C=O) groups is 1. The number of esters is 1. The lowest BCUT2D eigenvalue weighted by Crippen LogP contribution is -2.42. The Morgan fingerprint density at radius 3 is 2.28 bits per heavy atom. The third-order valence-electron chi connectivity index (χ3n) is 3.56. The fraction of sp³-hybridized carbons (Fsp3) is 0.933. The molecule has 0 aliphatic heterocycles. The Balaban J connectivity index is 3.73. The number of unbranched alkanes of at least 4 members (excludes halogenated alkanes) is 5. The van der Waals surface area contributed by atoms with E-state index in [1.165, 1.54) is 39.2 Å². The summed E-state index contributed by atoms with van der Waals surface area (Å²) in [5, 5.41) is 3.34. The topological polar surface area (TPSA) is 38.3 Å². The number of hydrogen-bond donors (Lipinski definition) is 1. The minimum absolute atomic E-state index is 0.129. The first-order chi connectivity index (χ1) is 8.67. The monoisotopic (exact) mass is 257 g/mol. The summed E-state index contributed by atoms with van der Waals surface area (Å²) < 4.78 is 4.84. The van der Waals surface area contributed by atoms with Crippen LogP contribution in [0.4, 0.5) is 0 Å². The molecule has 0 spiro atoms. The third kappa shape index (κ3) is 7.70. The summed E-state index contributed by atoms with van der Waals surface area (Å²) in [6, 6.07) is -0.143. The Kier molecular flexibility index (Phi) is 11.2. The highest BCUT2D eigenvalue weighted by atomic mass is 16.5. The number of carbonyl (C=O) groups excluding carboxylic acids is 1. The van der Waals surface area contributed by atoms with Crippen LogP contribution in [0, 0.1) is 5.92 Å². The van der Waals surface area contributed by atoms with Crippen molar-refractivity contribution in [3.8, 4) is 0 Å². The molecule has 0 aromatic heterocycles. The van der Waals surface area contributed by atoms with E-state index < -0.39 is 0 Å². The first kappa shape index (κ1) is 17.4. The van der Waals surface area contributed by atoms with Gasteiger partial charge < -0.3 is 10.1 Å². The molecule has 18 heavy (non-hydrogen) atoms. The van der Waals surface area contributed by atoms with Gasteiger partial charge >= 0.3 is 5.97 Å². The molecule has 0 aliphatic rings. The number of methoxy groups -OCH3 is 1. The normalized spacial score (nSPS) is 14.2. The summed E-state index contributed by atoms with van der Waals surface area (Å²) in [5.74, 6) is 0.202. The molecule has 2 unspecified atom stereocenters. The maximum atomic E-state index is 11.6. The largest absolute Gasteiger partial charge is 0.468 e. The number of ether oxygens (including phenoxy) is 1. The molecule has 3 nitrogen and oxygen atoms in total. The van der Waals surface area contributed by atoms with Crippen molar-refractivity contribution < 1.29 is 9.53 Å². The van der Waals surface area contributed by atoms with Crippen LogP contribution >= 0.6 is 0 Å². The van der Waals surface area contributed by atoms with Gasteiger partial charge in [-0.15, -0.1) is 0 Å². The molecule has 0 aromatic rings. The maximum Gasteiger partial charge on any atom is 0.323 e. The Bertz CT molecular complexity index is 207. The van der Waals surface area contributed by atoms with E-state index in [9.17, 15) is 4.79 Å². The van der Waals surface area contributed by atoms with Crippen LogP contribution in [-0.4, -0.2) is 25.7 Å². The lowest BCUT2D eigenvalue weighted by Gasteiger charge is -2.21. The molecule has 0 aromatic carbocycles. The van der Waals surface area contributed by atoms with Crippen LogP contribution in [0.3, 0.4) is 0 Å². The van der Waals surface area contributed by atoms with Gasteiger partial charge in [0.1, 0.15) is 6.04 Å². The summed E-state index contributed by atoms with van der Waals surface area (Å²) in [6.07, 6.45) is 8.66. The van der Waals surface area contributed by atoms with Crippen molar-refractivity contribution in [3.05, 3.63) is 0 Å². The number of hydrogen-bond acceptors (Lipinski definition) is 3. The van der Waals surface area contributed by atoms with Gasteiger partial charge in [-0.05, 0) is 18.9 Å². The molecular formula is C15H31NO2. The zero-order valence-corrected chi connectivity index (χ0v) is 12.6. The van der Waals surface area contributed by atoms with E-state index in [2.05, 4.69) is 26.1 Å². The quantitative estimate of drug-likeness (QED) is 0.454. The van der Waals surface area contributed by atoms with Crippen LogP contribution in [0.15, 0.2) is 0 Å². The average molecular weight is 257 g/mol. The van der Waals surface area contributed by atoms with Crippen LogP contribution in [0.5, 0.6) is 0 Å². The van der Waals surface area contributed by atoms with Crippen molar-refractivity contribution in [1.82, 2.24) is 5.32 Å². The van der Waals surface area contributed by atoms with Gasteiger partial charge in [-0.1, -0.05) is 59.3 Å². The van der Waals surface area contributed by atoms with Crippen LogP contribution in [0.2, 0.25) is 0 Å². The SMILES string of the molecule is CCCCCCCCNC(C(=O)OC)C(C)CC. The lowest BCUT2D eigenvalue weighted by molar-refractivity contribution is -0.144. The summed E-state index contributed by atoms with van der Waals surface area (Å²) in [7, 11) is 1.46. The molecule has 0 fully saturated rings. The molecule has 0 saturated heterocycles. The smallest absolute Gasteiger partial charge is 0.323 e. The molecule has 0 saturated carbocycles. The van der Waals surface area contributed by atoms with E-state index in [1.54, 1.807) is 0 Å². The average Bonchev–Trinajstić information content (AvgIpc) is 2.40. The van der Waals surface area contributed by atoms with Crippen LogP contribution in [-0.2, 0) is 9.53 Å². The fourth-order valence-electron chi connectivity index (χ4n) is 2.04. The molecule has 0 aliphatic carbocycles. The van der Waals surface area contributed by atoms with Crippen molar-refractivity contribution in [2.45, 2.75) is 71.8 Å².